The first-order valence-corrected chi connectivity index (χ1v) is 6.21. The number of nitrogens with one attached hydrogen (secondary N) is 1. The number of rotatable bonds is 5. The third-order valence-corrected chi connectivity index (χ3v) is 3.00. The number of ether oxygens (including phenoxy) is 1. The number of carbonyl (C=O) groups excluding carboxylic acids is 3. The number of hydrogen-bond donors (Lipinski definition) is 1. The van der Waals surface area contributed by atoms with Gasteiger partial charge >= 0.3 is 5.97 Å². The maximum Gasteiger partial charge on any atom is 0.329 e. The molecule has 0 saturated carbocycles. The van der Waals surface area contributed by atoms with Gasteiger partial charge in [0.1, 0.15) is 6.04 Å². The number of non-ortho nitro benzene ring substituents is 1. The topological polar surface area (TPSA) is 116 Å². The molecule has 1 atom stereocenters. The Hall–Kier alpha value is -2.77. The number of Topliss-reactive ketones (excluding diaryl/α,β-unsaturated/α-hetero) is 1. The number of amides is 1. The second-order valence-electron chi connectivity index (χ2n) is 4.50. The van der Waals surface area contributed by atoms with Gasteiger partial charge in [0.05, 0.1) is 4.92 Å². The number of carbonyl (C=O) groups is 3. The lowest BCUT2D eigenvalue weighted by Gasteiger charge is -2.09. The van der Waals surface area contributed by atoms with Crippen molar-refractivity contribution in [2.45, 2.75) is 18.9 Å². The molecule has 1 amide bonds. The fourth-order valence-electron chi connectivity index (χ4n) is 1.90. The molecule has 1 aromatic rings. The van der Waals surface area contributed by atoms with Gasteiger partial charge in [-0.05, 0) is 6.42 Å². The molecule has 1 aromatic carbocycles. The molecule has 21 heavy (non-hydrogen) atoms. The summed E-state index contributed by atoms with van der Waals surface area (Å²) in [4.78, 5) is 44.4. The normalized spacial score (nSPS) is 17.1. The lowest BCUT2D eigenvalue weighted by molar-refractivity contribution is -0.384. The summed E-state index contributed by atoms with van der Waals surface area (Å²) < 4.78 is 4.82. The van der Waals surface area contributed by atoms with E-state index >= 15 is 0 Å². The molecular weight excluding hydrogens is 280 g/mol. The van der Waals surface area contributed by atoms with E-state index in [9.17, 15) is 24.5 Å². The van der Waals surface area contributed by atoms with Crippen LogP contribution in [0.1, 0.15) is 23.2 Å². The number of nitrogens with zero attached hydrogens (tertiary/aromatic N) is 1. The number of nitro benzene ring substituents is 1. The van der Waals surface area contributed by atoms with Crippen LogP contribution >= 0.6 is 0 Å². The summed E-state index contributed by atoms with van der Waals surface area (Å²) in [7, 11) is 0. The summed E-state index contributed by atoms with van der Waals surface area (Å²) in [6.07, 6.45) is 0.585. The van der Waals surface area contributed by atoms with Crippen LogP contribution < -0.4 is 5.32 Å². The largest absolute Gasteiger partial charge is 0.456 e. The molecule has 1 saturated heterocycles. The van der Waals surface area contributed by atoms with E-state index in [0.29, 0.717) is 6.42 Å². The van der Waals surface area contributed by atoms with E-state index in [0.717, 1.165) is 6.07 Å². The zero-order valence-corrected chi connectivity index (χ0v) is 10.9. The fraction of sp³-hybridized carbons (Fsp3) is 0.308. The summed E-state index contributed by atoms with van der Waals surface area (Å²) >= 11 is 0. The predicted octanol–water partition coefficient (Wildman–Crippen LogP) is 0.599. The molecular formula is C13H12N2O6. The first-order chi connectivity index (χ1) is 9.97. The van der Waals surface area contributed by atoms with Gasteiger partial charge in [-0.25, -0.2) is 4.79 Å². The zero-order chi connectivity index (χ0) is 15.4. The molecule has 1 aliphatic rings. The summed E-state index contributed by atoms with van der Waals surface area (Å²) in [6, 6.07) is 4.44. The monoisotopic (exact) mass is 292 g/mol. The minimum absolute atomic E-state index is 0.0902. The highest BCUT2D eigenvalue weighted by Crippen LogP contribution is 2.14. The molecule has 110 valence electrons. The van der Waals surface area contributed by atoms with Crippen molar-refractivity contribution in [1.29, 1.82) is 0 Å². The third-order valence-electron chi connectivity index (χ3n) is 3.00. The minimum atomic E-state index is -0.726. The van der Waals surface area contributed by atoms with Crippen molar-refractivity contribution >= 4 is 23.3 Å². The van der Waals surface area contributed by atoms with Crippen molar-refractivity contribution in [2.75, 3.05) is 6.61 Å². The van der Waals surface area contributed by atoms with Crippen LogP contribution in [0.15, 0.2) is 24.3 Å². The quantitative estimate of drug-likeness (QED) is 0.367. The number of ketones is 1. The first kappa shape index (κ1) is 14.6. The predicted molar refractivity (Wildman–Crippen MR) is 69.6 cm³/mol. The van der Waals surface area contributed by atoms with Gasteiger partial charge in [-0.2, -0.15) is 0 Å². The number of hydrogen-bond acceptors (Lipinski definition) is 6. The van der Waals surface area contributed by atoms with Crippen molar-refractivity contribution < 1.29 is 24.0 Å². The van der Waals surface area contributed by atoms with Crippen LogP contribution in [-0.4, -0.2) is 35.2 Å². The highest BCUT2D eigenvalue weighted by atomic mass is 16.6. The third kappa shape index (κ3) is 3.62. The Morgan fingerprint density at radius 1 is 1.43 bits per heavy atom. The molecule has 1 N–H and O–H groups in total. The number of benzene rings is 1. The molecule has 1 aliphatic heterocycles. The number of nitro groups is 1. The summed E-state index contributed by atoms with van der Waals surface area (Å²) in [5, 5.41) is 13.0. The van der Waals surface area contributed by atoms with Gasteiger partial charge < -0.3 is 10.1 Å². The van der Waals surface area contributed by atoms with Crippen molar-refractivity contribution in [3.8, 4) is 0 Å². The van der Waals surface area contributed by atoms with Gasteiger partial charge in [-0.3, -0.25) is 19.7 Å². The second kappa shape index (κ2) is 6.12. The molecule has 0 aromatic heterocycles. The van der Waals surface area contributed by atoms with E-state index in [1.807, 2.05) is 0 Å². The van der Waals surface area contributed by atoms with E-state index in [2.05, 4.69) is 5.32 Å². The van der Waals surface area contributed by atoms with E-state index in [1.165, 1.54) is 18.2 Å². The van der Waals surface area contributed by atoms with Crippen molar-refractivity contribution in [3.63, 3.8) is 0 Å². The Labute approximate surface area is 119 Å². The van der Waals surface area contributed by atoms with Gasteiger partial charge in [-0.1, -0.05) is 12.1 Å². The van der Waals surface area contributed by atoms with Crippen LogP contribution in [-0.2, 0) is 14.3 Å². The molecule has 2 rings (SSSR count). The highest BCUT2D eigenvalue weighted by Gasteiger charge is 2.28. The SMILES string of the molecule is O=C1CC[C@H](C(=O)OCC(=O)c2cccc([N+](=O)[O-])c2)N1. The molecule has 0 bridgehead atoms. The Bertz CT molecular complexity index is 612. The highest BCUT2D eigenvalue weighted by molar-refractivity contribution is 5.99. The second-order valence-corrected chi connectivity index (χ2v) is 4.50. The Kier molecular flexibility index (Phi) is 4.27. The van der Waals surface area contributed by atoms with Gasteiger partial charge in [0.15, 0.2) is 6.61 Å². The molecule has 8 heteroatoms. The van der Waals surface area contributed by atoms with Gasteiger partial charge in [-0.15, -0.1) is 0 Å². The van der Waals surface area contributed by atoms with Gasteiger partial charge in [0.2, 0.25) is 11.7 Å². The summed E-state index contributed by atoms with van der Waals surface area (Å²) in [6.45, 7) is -0.521. The summed E-state index contributed by atoms with van der Waals surface area (Å²) in [5.74, 6) is -1.46. The van der Waals surface area contributed by atoms with E-state index in [4.69, 9.17) is 4.74 Å². The maximum atomic E-state index is 11.8. The first-order valence-electron chi connectivity index (χ1n) is 6.21. The fourth-order valence-corrected chi connectivity index (χ4v) is 1.90. The number of esters is 1. The lowest BCUT2D eigenvalue weighted by atomic mass is 10.1. The smallest absolute Gasteiger partial charge is 0.329 e. The average Bonchev–Trinajstić information content (AvgIpc) is 2.91. The molecule has 1 heterocycles. The van der Waals surface area contributed by atoms with E-state index in [1.54, 1.807) is 0 Å². The van der Waals surface area contributed by atoms with Gasteiger partial charge in [0.25, 0.3) is 5.69 Å². The van der Waals surface area contributed by atoms with Crippen molar-refractivity contribution in [3.05, 3.63) is 39.9 Å². The average molecular weight is 292 g/mol. The van der Waals surface area contributed by atoms with Gasteiger partial charge in [0, 0.05) is 24.1 Å². The van der Waals surface area contributed by atoms with Crippen LogP contribution in [0.5, 0.6) is 0 Å². The summed E-state index contributed by atoms with van der Waals surface area (Å²) in [5.41, 5.74) is -0.123. The Morgan fingerprint density at radius 3 is 2.81 bits per heavy atom. The van der Waals surface area contributed by atoms with Crippen LogP contribution in [0, 0.1) is 10.1 Å². The maximum absolute atomic E-state index is 11.8. The Balaban J connectivity index is 1.92. The molecule has 0 spiro atoms. The van der Waals surface area contributed by atoms with E-state index in [-0.39, 0.29) is 23.6 Å². The van der Waals surface area contributed by atoms with Crippen molar-refractivity contribution in [1.82, 2.24) is 5.32 Å². The molecule has 0 radical (unpaired) electrons. The molecule has 8 nitrogen and oxygen atoms in total. The van der Waals surface area contributed by atoms with Crippen LogP contribution in [0.2, 0.25) is 0 Å². The lowest BCUT2D eigenvalue weighted by Crippen LogP contribution is -2.35. The van der Waals surface area contributed by atoms with Crippen LogP contribution in [0.25, 0.3) is 0 Å². The minimum Gasteiger partial charge on any atom is -0.456 e. The molecule has 0 aliphatic carbocycles. The molecule has 0 unspecified atom stereocenters. The Morgan fingerprint density at radius 2 is 2.19 bits per heavy atom. The van der Waals surface area contributed by atoms with E-state index < -0.39 is 29.3 Å². The van der Waals surface area contributed by atoms with Crippen LogP contribution in [0.4, 0.5) is 5.69 Å². The molecule has 1 fully saturated rings. The van der Waals surface area contributed by atoms with Crippen LogP contribution in [0.3, 0.4) is 0 Å². The van der Waals surface area contributed by atoms with Crippen molar-refractivity contribution in [2.24, 2.45) is 0 Å². The zero-order valence-electron chi connectivity index (χ0n) is 10.9. The standard InChI is InChI=1S/C13H12N2O6/c16-11(8-2-1-3-9(6-8)15(19)20)7-21-13(18)10-4-5-12(17)14-10/h1-3,6,10H,4-5,7H2,(H,14,17)/t10-/m1/s1.